The summed E-state index contributed by atoms with van der Waals surface area (Å²) in [4.78, 5) is 8.32. The van der Waals surface area contributed by atoms with Crippen molar-refractivity contribution >= 4 is 16.7 Å². The average Bonchev–Trinajstić information content (AvgIpc) is 3.26. The van der Waals surface area contributed by atoms with Crippen molar-refractivity contribution in [1.82, 2.24) is 14.5 Å². The van der Waals surface area contributed by atoms with E-state index in [-0.39, 0.29) is 6.17 Å². The molecule has 3 aromatic rings. The molecule has 2 aliphatic heterocycles. The highest BCUT2D eigenvalue weighted by atomic mass is 15.4. The summed E-state index contributed by atoms with van der Waals surface area (Å²) < 4.78 is 25.6. The van der Waals surface area contributed by atoms with Gasteiger partial charge in [-0.25, -0.2) is 4.98 Å². The highest BCUT2D eigenvalue weighted by molar-refractivity contribution is 5.94. The predicted molar refractivity (Wildman–Crippen MR) is 97.5 cm³/mol. The number of para-hydroxylation sites is 1. The van der Waals surface area contributed by atoms with Gasteiger partial charge in [-0.3, -0.25) is 4.57 Å². The highest BCUT2D eigenvalue weighted by Crippen LogP contribution is 2.39. The summed E-state index contributed by atoms with van der Waals surface area (Å²) in [5, 5.41) is 0. The van der Waals surface area contributed by atoms with E-state index >= 15 is 0 Å². The number of imidazole rings is 1. The second kappa shape index (κ2) is 4.63. The largest absolute Gasteiger partial charge is 0.359 e. The Kier molecular flexibility index (Phi) is 2.11. The smallest absolute Gasteiger partial charge is 0.119 e. The van der Waals surface area contributed by atoms with Crippen molar-refractivity contribution < 1.29 is 4.11 Å². The van der Waals surface area contributed by atoms with Gasteiger partial charge in [-0.15, -0.1) is 0 Å². The van der Waals surface area contributed by atoms with Crippen LogP contribution in [0.4, 0.5) is 5.69 Å². The van der Waals surface area contributed by atoms with Crippen molar-refractivity contribution in [3.63, 3.8) is 0 Å². The molecule has 120 valence electrons. The van der Waals surface area contributed by atoms with Crippen LogP contribution < -0.4 is 4.90 Å². The molecular weight excluding hydrogens is 296 g/mol. The number of aromatic nitrogens is 2. The SMILES string of the molecule is [2H]C([2H])([2H])N1C=CN(c2c(C)ccc3nc4n(c23)-c2ccccc2C4)[C@H]1C. The lowest BCUT2D eigenvalue weighted by atomic mass is 10.1. The molecule has 0 unspecified atom stereocenters. The molecule has 0 aliphatic carbocycles. The molecule has 24 heavy (non-hydrogen) atoms. The van der Waals surface area contributed by atoms with Gasteiger partial charge < -0.3 is 9.80 Å². The Morgan fingerprint density at radius 3 is 2.88 bits per heavy atom. The fraction of sp³-hybridized carbons (Fsp3) is 0.250. The van der Waals surface area contributed by atoms with Crippen LogP contribution in [0.15, 0.2) is 48.8 Å². The Morgan fingerprint density at radius 1 is 1.17 bits per heavy atom. The Balaban J connectivity index is 1.74. The van der Waals surface area contributed by atoms with E-state index in [1.54, 1.807) is 6.20 Å². The molecule has 0 fully saturated rings. The summed E-state index contributed by atoms with van der Waals surface area (Å²) >= 11 is 0. The van der Waals surface area contributed by atoms with Gasteiger partial charge in [0.25, 0.3) is 0 Å². The first-order valence-electron chi connectivity index (χ1n) is 9.70. The van der Waals surface area contributed by atoms with Gasteiger partial charge >= 0.3 is 0 Å². The van der Waals surface area contributed by atoms with Gasteiger partial charge in [-0.1, -0.05) is 24.3 Å². The van der Waals surface area contributed by atoms with Crippen LogP contribution in [0.25, 0.3) is 16.7 Å². The number of hydrogen-bond donors (Lipinski definition) is 0. The quantitative estimate of drug-likeness (QED) is 0.533. The van der Waals surface area contributed by atoms with Crippen molar-refractivity contribution in [2.45, 2.75) is 26.4 Å². The minimum absolute atomic E-state index is 0.301. The number of aryl methyl sites for hydroxylation is 1. The number of fused-ring (bicyclic) bond motifs is 5. The number of benzene rings is 2. The molecule has 1 aromatic heterocycles. The molecule has 0 saturated heterocycles. The van der Waals surface area contributed by atoms with E-state index in [1.807, 2.05) is 30.2 Å². The second-order valence-corrected chi connectivity index (χ2v) is 6.51. The molecule has 0 N–H and O–H groups in total. The molecule has 0 bridgehead atoms. The second-order valence-electron chi connectivity index (χ2n) is 6.51. The fourth-order valence-electron chi connectivity index (χ4n) is 3.84. The van der Waals surface area contributed by atoms with E-state index in [2.05, 4.69) is 35.8 Å². The Labute approximate surface area is 145 Å². The minimum atomic E-state index is -2.17. The van der Waals surface area contributed by atoms with Crippen LogP contribution in [-0.4, -0.2) is 27.6 Å². The van der Waals surface area contributed by atoms with Gasteiger partial charge in [0.15, 0.2) is 0 Å². The molecule has 4 nitrogen and oxygen atoms in total. The molecule has 0 spiro atoms. The molecule has 2 aromatic carbocycles. The normalized spacial score (nSPS) is 20.9. The zero-order valence-corrected chi connectivity index (χ0v) is 13.7. The summed E-state index contributed by atoms with van der Waals surface area (Å²) in [5.74, 6) is 1.03. The van der Waals surface area contributed by atoms with Gasteiger partial charge in [0.2, 0.25) is 0 Å². The zero-order valence-electron chi connectivity index (χ0n) is 16.7. The molecule has 0 amide bonds. The van der Waals surface area contributed by atoms with E-state index < -0.39 is 6.98 Å². The minimum Gasteiger partial charge on any atom is -0.359 e. The van der Waals surface area contributed by atoms with Crippen LogP contribution in [0.3, 0.4) is 0 Å². The number of hydrogen-bond acceptors (Lipinski definition) is 3. The lowest BCUT2D eigenvalue weighted by molar-refractivity contribution is 0.383. The van der Waals surface area contributed by atoms with Crippen molar-refractivity contribution in [3.8, 4) is 5.69 Å². The third-order valence-electron chi connectivity index (χ3n) is 5.10. The summed E-state index contributed by atoms with van der Waals surface area (Å²) in [7, 11) is 0. The van der Waals surface area contributed by atoms with E-state index in [9.17, 15) is 0 Å². The first kappa shape index (κ1) is 10.9. The molecule has 1 atom stereocenters. The van der Waals surface area contributed by atoms with Crippen LogP contribution in [0.1, 0.15) is 28.0 Å². The van der Waals surface area contributed by atoms with Crippen molar-refractivity contribution in [2.24, 2.45) is 0 Å². The molecule has 5 rings (SSSR count). The number of anilines is 1. The molecule has 0 saturated carbocycles. The van der Waals surface area contributed by atoms with Crippen LogP contribution in [0.5, 0.6) is 0 Å². The lowest BCUT2D eigenvalue weighted by Gasteiger charge is -2.29. The Bertz CT molecular complexity index is 1100. The van der Waals surface area contributed by atoms with E-state index in [0.29, 0.717) is 0 Å². The monoisotopic (exact) mass is 319 g/mol. The van der Waals surface area contributed by atoms with E-state index in [4.69, 9.17) is 9.10 Å². The van der Waals surface area contributed by atoms with Gasteiger partial charge in [0, 0.05) is 29.9 Å². The standard InChI is InChI=1S/C20H20N4/c1-13-8-9-16-20(19(13)23-11-10-22(3)14(23)2)24-17-7-5-4-6-15(17)12-18(24)21-16/h4-11,14H,12H2,1-3H3/t14-/m0/s1/i3D3. The number of rotatable bonds is 1. The molecule has 0 radical (unpaired) electrons. The van der Waals surface area contributed by atoms with Gasteiger partial charge in [0.05, 0.1) is 22.4 Å². The fourth-order valence-corrected chi connectivity index (χ4v) is 3.84. The summed E-state index contributed by atoms with van der Waals surface area (Å²) in [6.45, 7) is 1.81. The topological polar surface area (TPSA) is 24.3 Å². The maximum Gasteiger partial charge on any atom is 0.119 e. The predicted octanol–water partition coefficient (Wildman–Crippen LogP) is 3.81. The maximum absolute atomic E-state index is 7.78. The molecular formula is C20H20N4. The molecule has 4 heteroatoms. The van der Waals surface area contributed by atoms with Crippen LogP contribution in [0, 0.1) is 6.92 Å². The van der Waals surface area contributed by atoms with Crippen LogP contribution in [0.2, 0.25) is 0 Å². The third-order valence-corrected chi connectivity index (χ3v) is 5.10. The molecule has 3 heterocycles. The number of nitrogens with zero attached hydrogens (tertiary/aromatic N) is 4. The summed E-state index contributed by atoms with van der Waals surface area (Å²) in [6, 6.07) is 12.5. The third kappa shape index (κ3) is 1.65. The van der Waals surface area contributed by atoms with Gasteiger partial charge in [-0.05, 0) is 37.1 Å². The maximum atomic E-state index is 7.78. The van der Waals surface area contributed by atoms with Crippen LogP contribution >= 0.6 is 0 Å². The van der Waals surface area contributed by atoms with Crippen LogP contribution in [-0.2, 0) is 6.42 Å². The van der Waals surface area contributed by atoms with E-state index in [1.165, 1.54) is 10.5 Å². The lowest BCUT2D eigenvalue weighted by Crippen LogP contribution is -2.34. The summed E-state index contributed by atoms with van der Waals surface area (Å²) in [6.07, 6.45) is 4.03. The average molecular weight is 319 g/mol. The van der Waals surface area contributed by atoms with Crippen molar-refractivity contribution in [2.75, 3.05) is 11.9 Å². The highest BCUT2D eigenvalue weighted by Gasteiger charge is 2.29. The summed E-state index contributed by atoms with van der Waals surface area (Å²) in [5.41, 5.74) is 6.51. The zero-order chi connectivity index (χ0) is 18.9. The molecule has 2 aliphatic rings. The first-order valence-corrected chi connectivity index (χ1v) is 8.20. The van der Waals surface area contributed by atoms with Gasteiger partial charge in [-0.2, -0.15) is 0 Å². The van der Waals surface area contributed by atoms with Crippen molar-refractivity contribution in [1.29, 1.82) is 0 Å². The van der Waals surface area contributed by atoms with E-state index in [0.717, 1.165) is 40.2 Å². The first-order chi connectivity index (χ1) is 12.9. The van der Waals surface area contributed by atoms with Gasteiger partial charge in [0.1, 0.15) is 12.0 Å². The Morgan fingerprint density at radius 2 is 2.04 bits per heavy atom. The Hall–Kier alpha value is -2.75. The van der Waals surface area contributed by atoms with Crippen molar-refractivity contribution in [3.05, 3.63) is 65.7 Å².